The van der Waals surface area contributed by atoms with Crippen molar-refractivity contribution in [3.05, 3.63) is 35.6 Å². The fourth-order valence-corrected chi connectivity index (χ4v) is 2.18. The van der Waals surface area contributed by atoms with Crippen LogP contribution in [0.4, 0.5) is 0 Å². The number of furan rings is 1. The number of methoxy groups -OCH3 is 1. The van der Waals surface area contributed by atoms with Crippen molar-refractivity contribution >= 4 is 11.0 Å². The predicted octanol–water partition coefficient (Wildman–Crippen LogP) is 3.06. The Labute approximate surface area is 113 Å². The van der Waals surface area contributed by atoms with E-state index in [9.17, 15) is 0 Å². The first-order valence-electron chi connectivity index (χ1n) is 6.63. The summed E-state index contributed by atoms with van der Waals surface area (Å²) < 4.78 is 11.1. The van der Waals surface area contributed by atoms with E-state index in [2.05, 4.69) is 31.4 Å². The molecule has 0 aliphatic heterocycles. The van der Waals surface area contributed by atoms with Gasteiger partial charge < -0.3 is 9.15 Å². The lowest BCUT2D eigenvalue weighted by molar-refractivity contribution is 0.105. The third-order valence-corrected chi connectivity index (χ3v) is 3.50. The molecule has 1 aromatic carbocycles. The number of hydrazine groups is 1. The number of nitrogens with one attached hydrogen (secondary N) is 1. The molecular formula is C15H22N2O2. The maximum atomic E-state index is 5.86. The van der Waals surface area contributed by atoms with E-state index in [1.54, 1.807) is 7.11 Å². The Hall–Kier alpha value is -1.36. The summed E-state index contributed by atoms with van der Waals surface area (Å²) in [5.74, 6) is 6.51. The van der Waals surface area contributed by atoms with Gasteiger partial charge in [-0.25, -0.2) is 5.43 Å². The summed E-state index contributed by atoms with van der Waals surface area (Å²) in [6, 6.07) is 8.25. The SMILES string of the molecule is COC(C)CCC(NN)c1cc2cc(C)ccc2o1. The summed E-state index contributed by atoms with van der Waals surface area (Å²) in [5, 5.41) is 1.12. The van der Waals surface area contributed by atoms with Crippen molar-refractivity contribution in [1.82, 2.24) is 5.43 Å². The molecule has 0 radical (unpaired) electrons. The van der Waals surface area contributed by atoms with Gasteiger partial charge in [-0.3, -0.25) is 5.84 Å². The Kier molecular flexibility index (Phi) is 4.58. The molecule has 2 aromatic rings. The molecule has 0 fully saturated rings. The zero-order valence-corrected chi connectivity index (χ0v) is 11.8. The second-order valence-electron chi connectivity index (χ2n) is 5.03. The number of fused-ring (bicyclic) bond motifs is 1. The molecule has 2 atom stereocenters. The number of ether oxygens (including phenoxy) is 1. The van der Waals surface area contributed by atoms with Gasteiger partial charge in [0.1, 0.15) is 11.3 Å². The first-order valence-corrected chi connectivity index (χ1v) is 6.63. The Morgan fingerprint density at radius 2 is 2.11 bits per heavy atom. The van der Waals surface area contributed by atoms with Gasteiger partial charge in [0.2, 0.25) is 0 Å². The third-order valence-electron chi connectivity index (χ3n) is 3.50. The summed E-state index contributed by atoms with van der Waals surface area (Å²) in [7, 11) is 1.72. The van der Waals surface area contributed by atoms with E-state index in [1.807, 2.05) is 12.1 Å². The number of rotatable bonds is 6. The molecule has 1 aromatic heterocycles. The van der Waals surface area contributed by atoms with Crippen molar-refractivity contribution in [2.45, 2.75) is 38.8 Å². The van der Waals surface area contributed by atoms with Gasteiger partial charge in [-0.15, -0.1) is 0 Å². The smallest absolute Gasteiger partial charge is 0.134 e. The highest BCUT2D eigenvalue weighted by Gasteiger charge is 2.16. The normalized spacial score (nSPS) is 14.7. The highest BCUT2D eigenvalue weighted by Crippen LogP contribution is 2.27. The highest BCUT2D eigenvalue weighted by atomic mass is 16.5. The van der Waals surface area contributed by atoms with Crippen LogP contribution >= 0.6 is 0 Å². The number of hydrogen-bond acceptors (Lipinski definition) is 4. The summed E-state index contributed by atoms with van der Waals surface area (Å²) in [5.41, 5.74) is 4.95. The van der Waals surface area contributed by atoms with E-state index in [0.29, 0.717) is 0 Å². The van der Waals surface area contributed by atoms with Crippen LogP contribution in [0.2, 0.25) is 0 Å². The monoisotopic (exact) mass is 262 g/mol. The molecule has 2 rings (SSSR count). The van der Waals surface area contributed by atoms with Crippen LogP contribution in [0.25, 0.3) is 11.0 Å². The van der Waals surface area contributed by atoms with Crippen molar-refractivity contribution < 1.29 is 9.15 Å². The topological polar surface area (TPSA) is 60.4 Å². The molecule has 1 heterocycles. The van der Waals surface area contributed by atoms with E-state index < -0.39 is 0 Å². The predicted molar refractivity (Wildman–Crippen MR) is 76.7 cm³/mol. The summed E-state index contributed by atoms with van der Waals surface area (Å²) >= 11 is 0. The van der Waals surface area contributed by atoms with E-state index in [0.717, 1.165) is 29.6 Å². The molecule has 0 saturated heterocycles. The van der Waals surface area contributed by atoms with Gasteiger partial charge in [0.05, 0.1) is 12.1 Å². The van der Waals surface area contributed by atoms with Crippen molar-refractivity contribution in [1.29, 1.82) is 0 Å². The number of benzene rings is 1. The molecular weight excluding hydrogens is 240 g/mol. The molecule has 0 spiro atoms. The van der Waals surface area contributed by atoms with Crippen molar-refractivity contribution in [2.75, 3.05) is 7.11 Å². The molecule has 0 bridgehead atoms. The summed E-state index contributed by atoms with van der Waals surface area (Å²) in [6.45, 7) is 4.13. The zero-order chi connectivity index (χ0) is 13.8. The molecule has 4 heteroatoms. The number of hydrogen-bond donors (Lipinski definition) is 2. The Morgan fingerprint density at radius 3 is 2.79 bits per heavy atom. The first-order chi connectivity index (χ1) is 9.13. The van der Waals surface area contributed by atoms with Crippen molar-refractivity contribution in [2.24, 2.45) is 5.84 Å². The molecule has 19 heavy (non-hydrogen) atoms. The largest absolute Gasteiger partial charge is 0.459 e. The lowest BCUT2D eigenvalue weighted by atomic mass is 10.1. The summed E-state index contributed by atoms with van der Waals surface area (Å²) in [4.78, 5) is 0. The van der Waals surface area contributed by atoms with E-state index in [4.69, 9.17) is 15.0 Å². The molecule has 0 amide bonds. The minimum atomic E-state index is 0.0188. The minimum absolute atomic E-state index is 0.0188. The van der Waals surface area contributed by atoms with Crippen molar-refractivity contribution in [3.8, 4) is 0 Å². The highest BCUT2D eigenvalue weighted by molar-refractivity contribution is 5.78. The fourth-order valence-electron chi connectivity index (χ4n) is 2.18. The van der Waals surface area contributed by atoms with Gasteiger partial charge >= 0.3 is 0 Å². The van der Waals surface area contributed by atoms with Crippen LogP contribution in [0.5, 0.6) is 0 Å². The van der Waals surface area contributed by atoms with Crippen LogP contribution < -0.4 is 11.3 Å². The van der Waals surface area contributed by atoms with Gasteiger partial charge in [0.25, 0.3) is 0 Å². The average molecular weight is 262 g/mol. The molecule has 4 nitrogen and oxygen atoms in total. The van der Waals surface area contributed by atoms with Gasteiger partial charge in [-0.2, -0.15) is 0 Å². The van der Waals surface area contributed by atoms with Crippen LogP contribution in [0, 0.1) is 6.92 Å². The Balaban J connectivity index is 2.16. The Morgan fingerprint density at radius 1 is 1.32 bits per heavy atom. The molecule has 104 valence electrons. The Bertz CT molecular complexity index is 536. The van der Waals surface area contributed by atoms with E-state index >= 15 is 0 Å². The van der Waals surface area contributed by atoms with Gasteiger partial charge in [0.15, 0.2) is 0 Å². The van der Waals surface area contributed by atoms with Crippen LogP contribution in [0.1, 0.15) is 37.1 Å². The lowest BCUT2D eigenvalue weighted by Crippen LogP contribution is -2.28. The zero-order valence-electron chi connectivity index (χ0n) is 11.8. The van der Waals surface area contributed by atoms with Gasteiger partial charge in [0, 0.05) is 12.5 Å². The average Bonchev–Trinajstić information content (AvgIpc) is 2.81. The van der Waals surface area contributed by atoms with Crippen LogP contribution in [0.3, 0.4) is 0 Å². The minimum Gasteiger partial charge on any atom is -0.459 e. The molecule has 0 aliphatic rings. The summed E-state index contributed by atoms with van der Waals surface area (Å²) in [6.07, 6.45) is 2.04. The van der Waals surface area contributed by atoms with Crippen LogP contribution in [-0.4, -0.2) is 13.2 Å². The molecule has 3 N–H and O–H groups in total. The maximum absolute atomic E-state index is 5.86. The van der Waals surface area contributed by atoms with Gasteiger partial charge in [-0.1, -0.05) is 11.6 Å². The quantitative estimate of drug-likeness (QED) is 0.620. The standard InChI is InChI=1S/C15H22N2O2/c1-10-4-7-14-12(8-10)9-15(19-14)13(17-16)6-5-11(2)18-3/h4,7-9,11,13,17H,5-6,16H2,1-3H3. The maximum Gasteiger partial charge on any atom is 0.134 e. The number of aryl methyl sites for hydroxylation is 1. The van der Waals surface area contributed by atoms with Crippen LogP contribution in [0.15, 0.2) is 28.7 Å². The fraction of sp³-hybridized carbons (Fsp3) is 0.467. The second kappa shape index (κ2) is 6.19. The molecule has 0 saturated carbocycles. The third kappa shape index (κ3) is 3.35. The molecule has 0 aliphatic carbocycles. The second-order valence-corrected chi connectivity index (χ2v) is 5.03. The van der Waals surface area contributed by atoms with Crippen LogP contribution in [-0.2, 0) is 4.74 Å². The van der Waals surface area contributed by atoms with E-state index in [-0.39, 0.29) is 12.1 Å². The number of nitrogens with two attached hydrogens (primary N) is 1. The van der Waals surface area contributed by atoms with Crippen molar-refractivity contribution in [3.63, 3.8) is 0 Å². The van der Waals surface area contributed by atoms with E-state index in [1.165, 1.54) is 5.56 Å². The lowest BCUT2D eigenvalue weighted by Gasteiger charge is -2.15. The van der Waals surface area contributed by atoms with Gasteiger partial charge in [-0.05, 0) is 44.9 Å². The molecule has 2 unspecified atom stereocenters. The first kappa shape index (κ1) is 14.1.